The van der Waals surface area contributed by atoms with E-state index in [1.807, 2.05) is 30.5 Å². The second-order valence-corrected chi connectivity index (χ2v) is 6.92. The van der Waals surface area contributed by atoms with Gasteiger partial charge in [-0.3, -0.25) is 4.79 Å². The molecule has 0 fully saturated rings. The molecule has 0 aliphatic heterocycles. The molecule has 2 aromatic heterocycles. The van der Waals surface area contributed by atoms with Crippen LogP contribution in [-0.4, -0.2) is 29.2 Å². The van der Waals surface area contributed by atoms with Crippen molar-refractivity contribution in [1.29, 1.82) is 0 Å². The largest absolute Gasteiger partial charge is 0.441 e. The number of rotatable bonds is 8. The molecule has 2 aromatic carbocycles. The van der Waals surface area contributed by atoms with E-state index in [1.165, 1.54) is 12.3 Å². The number of nitrogens with zero attached hydrogens (tertiary/aromatic N) is 2. The number of oxazole rings is 1. The molecule has 0 saturated carbocycles. The van der Waals surface area contributed by atoms with Gasteiger partial charge < -0.3 is 19.0 Å². The van der Waals surface area contributed by atoms with E-state index in [4.69, 9.17) is 9.15 Å². The van der Waals surface area contributed by atoms with Crippen molar-refractivity contribution in [1.82, 2.24) is 9.55 Å². The summed E-state index contributed by atoms with van der Waals surface area (Å²) in [5.41, 5.74) is 2.17. The molecule has 30 heavy (non-hydrogen) atoms. The van der Waals surface area contributed by atoms with Crippen molar-refractivity contribution in [3.63, 3.8) is 0 Å². The van der Waals surface area contributed by atoms with E-state index in [-0.39, 0.29) is 18.1 Å². The van der Waals surface area contributed by atoms with E-state index in [2.05, 4.69) is 14.9 Å². The van der Waals surface area contributed by atoms with Crippen LogP contribution in [0.25, 0.3) is 22.2 Å². The molecule has 154 valence electrons. The monoisotopic (exact) mass is 407 g/mol. The summed E-state index contributed by atoms with van der Waals surface area (Å²) >= 11 is 0. The normalized spacial score (nSPS) is 11.1. The SMILES string of the molecule is COCCn1ccc2cc(NC(=O)CCc3ncc(-c4ccccc4F)o3)ccc21. The second kappa shape index (κ2) is 8.92. The Hall–Kier alpha value is -3.45. The Morgan fingerprint density at radius 2 is 2.10 bits per heavy atom. The van der Waals surface area contributed by atoms with Crippen LogP contribution in [0.5, 0.6) is 0 Å². The van der Waals surface area contributed by atoms with Crippen LogP contribution in [0.2, 0.25) is 0 Å². The summed E-state index contributed by atoms with van der Waals surface area (Å²) in [6.07, 6.45) is 4.03. The summed E-state index contributed by atoms with van der Waals surface area (Å²) < 4.78 is 26.7. The van der Waals surface area contributed by atoms with E-state index < -0.39 is 0 Å². The first kappa shape index (κ1) is 19.8. The zero-order valence-electron chi connectivity index (χ0n) is 16.6. The highest BCUT2D eigenvalue weighted by Gasteiger charge is 2.12. The van der Waals surface area contributed by atoms with Crippen LogP contribution in [0.1, 0.15) is 12.3 Å². The summed E-state index contributed by atoms with van der Waals surface area (Å²) in [7, 11) is 1.68. The molecule has 0 aliphatic rings. The number of benzene rings is 2. The molecule has 0 radical (unpaired) electrons. The quantitative estimate of drug-likeness (QED) is 0.461. The standard InChI is InChI=1S/C23H22FN3O3/c1-29-13-12-27-11-10-16-14-17(6-7-20(16)27)26-22(28)8-9-23-25-15-21(30-23)18-4-2-3-5-19(18)24/h2-7,10-11,14-15H,8-9,12-13H2,1H3,(H,26,28). The van der Waals surface area contributed by atoms with Crippen LogP contribution in [0, 0.1) is 5.82 Å². The van der Waals surface area contributed by atoms with Crippen LogP contribution in [-0.2, 0) is 22.5 Å². The average Bonchev–Trinajstić information content (AvgIpc) is 3.38. The zero-order chi connectivity index (χ0) is 20.9. The van der Waals surface area contributed by atoms with Crippen molar-refractivity contribution in [3.05, 3.63) is 72.6 Å². The van der Waals surface area contributed by atoms with Crippen LogP contribution < -0.4 is 5.32 Å². The molecule has 7 heteroatoms. The van der Waals surface area contributed by atoms with Gasteiger partial charge in [-0.05, 0) is 36.4 Å². The number of hydrogen-bond donors (Lipinski definition) is 1. The van der Waals surface area contributed by atoms with Crippen molar-refractivity contribution < 1.29 is 18.3 Å². The van der Waals surface area contributed by atoms with E-state index >= 15 is 0 Å². The Kier molecular flexibility index (Phi) is 5.90. The summed E-state index contributed by atoms with van der Waals surface area (Å²) in [5.74, 6) is 0.240. The van der Waals surface area contributed by atoms with Crippen molar-refractivity contribution in [2.75, 3.05) is 19.0 Å². The first-order chi connectivity index (χ1) is 14.6. The molecule has 4 aromatic rings. The lowest BCUT2D eigenvalue weighted by molar-refractivity contribution is -0.116. The Labute approximate surface area is 173 Å². The van der Waals surface area contributed by atoms with E-state index in [0.717, 1.165) is 23.1 Å². The third-order valence-electron chi connectivity index (χ3n) is 4.85. The minimum atomic E-state index is -0.371. The van der Waals surface area contributed by atoms with Gasteiger partial charge in [0.05, 0.1) is 18.4 Å². The number of fused-ring (bicyclic) bond motifs is 1. The number of nitrogens with one attached hydrogen (secondary N) is 1. The number of anilines is 1. The Morgan fingerprint density at radius 1 is 1.23 bits per heavy atom. The molecule has 4 rings (SSSR count). The predicted molar refractivity (Wildman–Crippen MR) is 113 cm³/mol. The van der Waals surface area contributed by atoms with Gasteiger partial charge in [-0.25, -0.2) is 9.37 Å². The zero-order valence-corrected chi connectivity index (χ0v) is 16.6. The maximum absolute atomic E-state index is 13.9. The molecule has 0 atom stereocenters. The van der Waals surface area contributed by atoms with Crippen molar-refractivity contribution >= 4 is 22.5 Å². The molecule has 2 heterocycles. The highest BCUT2D eigenvalue weighted by molar-refractivity contribution is 5.94. The van der Waals surface area contributed by atoms with Gasteiger partial charge in [0.2, 0.25) is 5.91 Å². The maximum Gasteiger partial charge on any atom is 0.224 e. The van der Waals surface area contributed by atoms with E-state index in [0.29, 0.717) is 30.2 Å². The summed E-state index contributed by atoms with van der Waals surface area (Å²) in [6.45, 7) is 1.42. The summed E-state index contributed by atoms with van der Waals surface area (Å²) in [6, 6.07) is 14.2. The summed E-state index contributed by atoms with van der Waals surface area (Å²) in [5, 5.41) is 3.95. The topological polar surface area (TPSA) is 69.3 Å². The lowest BCUT2D eigenvalue weighted by Gasteiger charge is -2.07. The highest BCUT2D eigenvalue weighted by Crippen LogP contribution is 2.24. The van der Waals surface area contributed by atoms with Crippen LogP contribution in [0.4, 0.5) is 10.1 Å². The van der Waals surface area contributed by atoms with Gasteiger partial charge in [0, 0.05) is 49.3 Å². The molecule has 1 N–H and O–H groups in total. The molecule has 0 spiro atoms. The number of hydrogen-bond acceptors (Lipinski definition) is 4. The number of methoxy groups -OCH3 is 1. The Balaban J connectivity index is 1.35. The maximum atomic E-state index is 13.9. The number of carbonyl (C=O) groups excluding carboxylic acids is 1. The first-order valence-electron chi connectivity index (χ1n) is 9.71. The van der Waals surface area contributed by atoms with Crippen LogP contribution >= 0.6 is 0 Å². The van der Waals surface area contributed by atoms with E-state index in [1.54, 1.807) is 25.3 Å². The third kappa shape index (κ3) is 4.41. The van der Waals surface area contributed by atoms with Crippen LogP contribution in [0.3, 0.4) is 0 Å². The summed E-state index contributed by atoms with van der Waals surface area (Å²) in [4.78, 5) is 16.5. The molecule has 0 aliphatic carbocycles. The fourth-order valence-electron chi connectivity index (χ4n) is 3.32. The van der Waals surface area contributed by atoms with Crippen molar-refractivity contribution in [3.8, 4) is 11.3 Å². The second-order valence-electron chi connectivity index (χ2n) is 6.92. The smallest absolute Gasteiger partial charge is 0.224 e. The minimum absolute atomic E-state index is 0.140. The molecule has 0 unspecified atom stereocenters. The van der Waals surface area contributed by atoms with Crippen molar-refractivity contribution in [2.45, 2.75) is 19.4 Å². The molecule has 0 saturated heterocycles. The third-order valence-corrected chi connectivity index (χ3v) is 4.85. The van der Waals surface area contributed by atoms with Gasteiger partial charge >= 0.3 is 0 Å². The predicted octanol–water partition coefficient (Wildman–Crippen LogP) is 4.65. The Bertz CT molecular complexity index is 1170. The van der Waals surface area contributed by atoms with Gasteiger partial charge in [0.25, 0.3) is 0 Å². The molecule has 0 bridgehead atoms. The lowest BCUT2D eigenvalue weighted by Crippen LogP contribution is -2.12. The average molecular weight is 407 g/mol. The molecule has 1 amide bonds. The fraction of sp³-hybridized carbons (Fsp3) is 0.217. The number of carbonyl (C=O) groups is 1. The Morgan fingerprint density at radius 3 is 2.93 bits per heavy atom. The van der Waals surface area contributed by atoms with Crippen LogP contribution in [0.15, 0.2) is 65.3 Å². The molecular formula is C23H22FN3O3. The number of aromatic nitrogens is 2. The lowest BCUT2D eigenvalue weighted by atomic mass is 10.2. The molecule has 6 nitrogen and oxygen atoms in total. The number of ether oxygens (including phenoxy) is 1. The number of amides is 1. The highest BCUT2D eigenvalue weighted by atomic mass is 19.1. The number of halogens is 1. The van der Waals surface area contributed by atoms with Gasteiger partial charge in [-0.15, -0.1) is 0 Å². The number of aryl methyl sites for hydroxylation is 1. The molecular weight excluding hydrogens is 385 g/mol. The van der Waals surface area contributed by atoms with Gasteiger partial charge in [-0.1, -0.05) is 12.1 Å². The fourth-order valence-corrected chi connectivity index (χ4v) is 3.32. The van der Waals surface area contributed by atoms with Crippen molar-refractivity contribution in [2.24, 2.45) is 0 Å². The first-order valence-corrected chi connectivity index (χ1v) is 9.71. The van der Waals surface area contributed by atoms with Gasteiger partial charge in [-0.2, -0.15) is 0 Å². The minimum Gasteiger partial charge on any atom is -0.441 e. The van der Waals surface area contributed by atoms with E-state index in [9.17, 15) is 9.18 Å². The van der Waals surface area contributed by atoms with Gasteiger partial charge in [0.15, 0.2) is 11.7 Å². The van der Waals surface area contributed by atoms with Gasteiger partial charge in [0.1, 0.15) is 5.82 Å².